The first-order chi connectivity index (χ1) is 7.86. The Morgan fingerprint density at radius 3 is 2.50 bits per heavy atom. The molecule has 16 heavy (non-hydrogen) atoms. The molecule has 1 aromatic carbocycles. The van der Waals surface area contributed by atoms with Gasteiger partial charge in [-0.15, -0.1) is 0 Å². The Bertz CT molecular complexity index is 291. The SMILES string of the molecule is CC(CNN1CCCCC1)c1ccccc1. The number of rotatable bonds is 4. The quantitative estimate of drug-likeness (QED) is 0.836. The number of hydrazine groups is 1. The number of hydrogen-bond donors (Lipinski definition) is 1. The first-order valence-electron chi connectivity index (χ1n) is 6.39. The van der Waals surface area contributed by atoms with Gasteiger partial charge in [-0.25, -0.2) is 5.01 Å². The fraction of sp³-hybridized carbons (Fsp3) is 0.571. The van der Waals surface area contributed by atoms with Gasteiger partial charge in [0.05, 0.1) is 0 Å². The highest BCUT2D eigenvalue weighted by molar-refractivity contribution is 5.18. The Morgan fingerprint density at radius 1 is 1.12 bits per heavy atom. The van der Waals surface area contributed by atoms with Crippen molar-refractivity contribution in [3.63, 3.8) is 0 Å². The van der Waals surface area contributed by atoms with Gasteiger partial charge in [-0.1, -0.05) is 43.7 Å². The van der Waals surface area contributed by atoms with Crippen LogP contribution < -0.4 is 5.43 Å². The normalized spacial score (nSPS) is 19.6. The summed E-state index contributed by atoms with van der Waals surface area (Å²) in [6.07, 6.45) is 4.08. The van der Waals surface area contributed by atoms with Gasteiger partial charge in [0.1, 0.15) is 0 Å². The van der Waals surface area contributed by atoms with Crippen molar-refractivity contribution in [1.29, 1.82) is 0 Å². The van der Waals surface area contributed by atoms with Gasteiger partial charge in [-0.3, -0.25) is 5.43 Å². The first-order valence-corrected chi connectivity index (χ1v) is 6.39. The lowest BCUT2D eigenvalue weighted by Crippen LogP contribution is -2.43. The molecule has 0 spiro atoms. The molecule has 2 nitrogen and oxygen atoms in total. The Balaban J connectivity index is 1.77. The zero-order chi connectivity index (χ0) is 11.2. The third-order valence-corrected chi connectivity index (χ3v) is 3.35. The molecule has 88 valence electrons. The molecule has 2 heteroatoms. The van der Waals surface area contributed by atoms with E-state index >= 15 is 0 Å². The zero-order valence-corrected chi connectivity index (χ0v) is 10.2. The van der Waals surface area contributed by atoms with E-state index in [0.717, 1.165) is 6.54 Å². The molecule has 0 bridgehead atoms. The summed E-state index contributed by atoms with van der Waals surface area (Å²) in [4.78, 5) is 0. The summed E-state index contributed by atoms with van der Waals surface area (Å²) in [5.74, 6) is 0.586. The first kappa shape index (κ1) is 11.6. The van der Waals surface area contributed by atoms with Crippen LogP contribution >= 0.6 is 0 Å². The number of piperidine rings is 1. The summed E-state index contributed by atoms with van der Waals surface area (Å²) in [7, 11) is 0. The summed E-state index contributed by atoms with van der Waals surface area (Å²) >= 11 is 0. The van der Waals surface area contributed by atoms with Crippen molar-refractivity contribution < 1.29 is 0 Å². The molecular weight excluding hydrogens is 196 g/mol. The molecule has 1 unspecified atom stereocenters. The van der Waals surface area contributed by atoms with Gasteiger partial charge >= 0.3 is 0 Å². The highest BCUT2D eigenvalue weighted by Crippen LogP contribution is 2.14. The second-order valence-corrected chi connectivity index (χ2v) is 4.72. The molecule has 0 aliphatic carbocycles. The van der Waals surface area contributed by atoms with E-state index in [1.807, 2.05) is 0 Å². The second kappa shape index (κ2) is 6.02. The largest absolute Gasteiger partial charge is 0.255 e. The van der Waals surface area contributed by atoms with Crippen molar-refractivity contribution in [2.45, 2.75) is 32.1 Å². The van der Waals surface area contributed by atoms with Gasteiger partial charge in [0.2, 0.25) is 0 Å². The summed E-state index contributed by atoms with van der Waals surface area (Å²) in [6.45, 7) is 5.75. The maximum atomic E-state index is 3.55. The maximum Gasteiger partial charge on any atom is 0.0168 e. The summed E-state index contributed by atoms with van der Waals surface area (Å²) in [6, 6.07) is 10.7. The third-order valence-electron chi connectivity index (χ3n) is 3.35. The van der Waals surface area contributed by atoms with Crippen LogP contribution in [0, 0.1) is 0 Å². The smallest absolute Gasteiger partial charge is 0.0168 e. The molecule has 1 saturated heterocycles. The predicted molar refractivity (Wildman–Crippen MR) is 68.3 cm³/mol. The van der Waals surface area contributed by atoms with Gasteiger partial charge in [0.15, 0.2) is 0 Å². The summed E-state index contributed by atoms with van der Waals surface area (Å²) in [5, 5.41) is 2.38. The summed E-state index contributed by atoms with van der Waals surface area (Å²) < 4.78 is 0. The number of nitrogens with one attached hydrogen (secondary N) is 1. The Labute approximate surface area is 98.6 Å². The average Bonchev–Trinajstić information content (AvgIpc) is 2.38. The van der Waals surface area contributed by atoms with Crippen LogP contribution in [0.15, 0.2) is 30.3 Å². The van der Waals surface area contributed by atoms with Crippen molar-refractivity contribution in [3.8, 4) is 0 Å². The maximum absolute atomic E-state index is 3.55. The minimum absolute atomic E-state index is 0.586. The molecule has 1 heterocycles. The monoisotopic (exact) mass is 218 g/mol. The second-order valence-electron chi connectivity index (χ2n) is 4.72. The van der Waals surface area contributed by atoms with Crippen molar-refractivity contribution >= 4 is 0 Å². The highest BCUT2D eigenvalue weighted by Gasteiger charge is 2.11. The number of hydrogen-bond acceptors (Lipinski definition) is 2. The topological polar surface area (TPSA) is 15.3 Å². The van der Waals surface area contributed by atoms with Crippen LogP contribution in [0.3, 0.4) is 0 Å². The fourth-order valence-corrected chi connectivity index (χ4v) is 2.22. The minimum Gasteiger partial charge on any atom is -0.255 e. The van der Waals surface area contributed by atoms with Crippen LogP contribution in [0.1, 0.15) is 37.7 Å². The molecule has 2 rings (SSSR count). The lowest BCUT2D eigenvalue weighted by molar-refractivity contribution is 0.151. The van der Waals surface area contributed by atoms with E-state index < -0.39 is 0 Å². The number of nitrogens with zero attached hydrogens (tertiary/aromatic N) is 1. The highest BCUT2D eigenvalue weighted by atomic mass is 15.5. The zero-order valence-electron chi connectivity index (χ0n) is 10.2. The standard InChI is InChI=1S/C14H22N2/c1-13(14-8-4-2-5-9-14)12-15-16-10-6-3-7-11-16/h2,4-5,8-9,13,15H,3,6-7,10-12H2,1H3. The lowest BCUT2D eigenvalue weighted by Gasteiger charge is -2.28. The van der Waals surface area contributed by atoms with Gasteiger partial charge < -0.3 is 0 Å². The van der Waals surface area contributed by atoms with E-state index in [9.17, 15) is 0 Å². The van der Waals surface area contributed by atoms with Gasteiger partial charge in [0.25, 0.3) is 0 Å². The minimum atomic E-state index is 0.586. The molecule has 0 aromatic heterocycles. The molecule has 0 radical (unpaired) electrons. The van der Waals surface area contributed by atoms with Crippen LogP contribution in [0.5, 0.6) is 0 Å². The molecule has 0 amide bonds. The van der Waals surface area contributed by atoms with Crippen molar-refractivity contribution in [2.75, 3.05) is 19.6 Å². The third kappa shape index (κ3) is 3.32. The average molecular weight is 218 g/mol. The van der Waals surface area contributed by atoms with Gasteiger partial charge in [-0.05, 0) is 24.3 Å². The Hall–Kier alpha value is -0.860. The van der Waals surface area contributed by atoms with Crippen molar-refractivity contribution in [1.82, 2.24) is 10.4 Å². The van der Waals surface area contributed by atoms with Crippen molar-refractivity contribution in [2.24, 2.45) is 0 Å². The van der Waals surface area contributed by atoms with Crippen molar-refractivity contribution in [3.05, 3.63) is 35.9 Å². The molecule has 1 N–H and O–H groups in total. The van der Waals surface area contributed by atoms with Gasteiger partial charge in [-0.2, -0.15) is 0 Å². The number of benzene rings is 1. The molecule has 1 aliphatic heterocycles. The van der Waals surface area contributed by atoms with E-state index in [2.05, 4.69) is 47.7 Å². The van der Waals surface area contributed by atoms with Crippen LogP contribution in [-0.4, -0.2) is 24.6 Å². The molecule has 1 aliphatic rings. The van der Waals surface area contributed by atoms with E-state index in [-0.39, 0.29) is 0 Å². The molecular formula is C14H22N2. The van der Waals surface area contributed by atoms with E-state index in [4.69, 9.17) is 0 Å². The summed E-state index contributed by atoms with van der Waals surface area (Å²) in [5.41, 5.74) is 4.98. The molecule has 1 fully saturated rings. The molecule has 1 atom stereocenters. The molecule has 0 saturated carbocycles. The van der Waals surface area contributed by atoms with E-state index in [0.29, 0.717) is 5.92 Å². The van der Waals surface area contributed by atoms with E-state index in [1.54, 1.807) is 0 Å². The Morgan fingerprint density at radius 2 is 1.81 bits per heavy atom. The van der Waals surface area contributed by atoms with E-state index in [1.165, 1.54) is 37.9 Å². The van der Waals surface area contributed by atoms with Crippen LogP contribution in [0.4, 0.5) is 0 Å². The van der Waals surface area contributed by atoms with Crippen LogP contribution in [-0.2, 0) is 0 Å². The van der Waals surface area contributed by atoms with Crippen LogP contribution in [0.2, 0.25) is 0 Å². The predicted octanol–water partition coefficient (Wildman–Crippen LogP) is 2.78. The Kier molecular flexibility index (Phi) is 4.37. The molecule has 1 aromatic rings. The lowest BCUT2D eigenvalue weighted by atomic mass is 10.0. The van der Waals surface area contributed by atoms with Crippen LogP contribution in [0.25, 0.3) is 0 Å². The van der Waals surface area contributed by atoms with Gasteiger partial charge in [0, 0.05) is 19.6 Å². The fourth-order valence-electron chi connectivity index (χ4n) is 2.22.